The SMILES string of the molecule is Cc1c(-c2ccc[nH]2)[nH]c(C2CC2)nc1=S. The van der Waals surface area contributed by atoms with Crippen LogP contribution in [0.3, 0.4) is 0 Å². The van der Waals surface area contributed by atoms with Gasteiger partial charge in [-0.3, -0.25) is 0 Å². The van der Waals surface area contributed by atoms with Crippen molar-refractivity contribution in [1.82, 2.24) is 15.0 Å². The molecule has 1 aliphatic rings. The first-order chi connectivity index (χ1) is 7.75. The van der Waals surface area contributed by atoms with E-state index in [2.05, 4.69) is 15.0 Å². The molecule has 0 spiro atoms. The lowest BCUT2D eigenvalue weighted by atomic mass is 10.2. The summed E-state index contributed by atoms with van der Waals surface area (Å²) in [5.74, 6) is 1.64. The fourth-order valence-corrected chi connectivity index (χ4v) is 2.06. The Morgan fingerprint density at radius 3 is 2.88 bits per heavy atom. The molecule has 0 unspecified atom stereocenters. The zero-order chi connectivity index (χ0) is 11.1. The Morgan fingerprint density at radius 2 is 2.25 bits per heavy atom. The molecule has 0 amide bonds. The van der Waals surface area contributed by atoms with Crippen LogP contribution in [-0.4, -0.2) is 15.0 Å². The molecule has 2 heterocycles. The van der Waals surface area contributed by atoms with E-state index in [0.717, 1.165) is 22.8 Å². The Morgan fingerprint density at radius 1 is 1.44 bits per heavy atom. The highest BCUT2D eigenvalue weighted by molar-refractivity contribution is 7.71. The number of nitrogens with zero attached hydrogens (tertiary/aromatic N) is 1. The van der Waals surface area contributed by atoms with E-state index in [9.17, 15) is 0 Å². The summed E-state index contributed by atoms with van der Waals surface area (Å²) in [6.07, 6.45) is 4.37. The lowest BCUT2D eigenvalue weighted by molar-refractivity contribution is 0.912. The van der Waals surface area contributed by atoms with Crippen molar-refractivity contribution < 1.29 is 0 Å². The molecule has 0 aromatic carbocycles. The zero-order valence-corrected chi connectivity index (χ0v) is 9.90. The standard InChI is InChI=1S/C12H13N3S/c1-7-10(9-3-2-6-13-9)14-11(8-4-5-8)15-12(7)16/h2-3,6,8,13H,4-5H2,1H3,(H,14,15,16). The van der Waals surface area contributed by atoms with Crippen LogP contribution in [0.15, 0.2) is 18.3 Å². The van der Waals surface area contributed by atoms with Crippen molar-refractivity contribution in [1.29, 1.82) is 0 Å². The van der Waals surface area contributed by atoms with E-state index in [0.29, 0.717) is 10.6 Å². The van der Waals surface area contributed by atoms with Crippen molar-refractivity contribution in [3.63, 3.8) is 0 Å². The molecule has 0 saturated heterocycles. The molecule has 1 aliphatic carbocycles. The van der Waals surface area contributed by atoms with E-state index >= 15 is 0 Å². The molecular formula is C12H13N3S. The van der Waals surface area contributed by atoms with Gasteiger partial charge in [0.25, 0.3) is 0 Å². The van der Waals surface area contributed by atoms with Gasteiger partial charge in [-0.15, -0.1) is 0 Å². The Kier molecular flexibility index (Phi) is 2.17. The largest absolute Gasteiger partial charge is 0.360 e. The molecule has 1 fully saturated rings. The normalized spacial score (nSPS) is 15.3. The summed E-state index contributed by atoms with van der Waals surface area (Å²) in [4.78, 5) is 11.1. The van der Waals surface area contributed by atoms with E-state index in [-0.39, 0.29) is 0 Å². The second-order valence-corrected chi connectivity index (χ2v) is 4.67. The Hall–Kier alpha value is -1.42. The summed E-state index contributed by atoms with van der Waals surface area (Å²) in [6, 6.07) is 4.03. The Labute approximate surface area is 98.9 Å². The minimum Gasteiger partial charge on any atom is -0.360 e. The van der Waals surface area contributed by atoms with Crippen LogP contribution in [0.4, 0.5) is 0 Å². The van der Waals surface area contributed by atoms with Crippen LogP contribution in [0.2, 0.25) is 0 Å². The molecule has 0 bridgehead atoms. The number of aromatic nitrogens is 3. The van der Waals surface area contributed by atoms with E-state index in [1.165, 1.54) is 12.8 Å². The van der Waals surface area contributed by atoms with Gasteiger partial charge in [-0.2, -0.15) is 0 Å². The zero-order valence-electron chi connectivity index (χ0n) is 9.08. The molecule has 82 valence electrons. The van der Waals surface area contributed by atoms with Gasteiger partial charge in [0, 0.05) is 17.7 Å². The van der Waals surface area contributed by atoms with Crippen LogP contribution in [0.25, 0.3) is 11.4 Å². The Bertz CT molecular complexity index is 564. The lowest BCUT2D eigenvalue weighted by Gasteiger charge is -2.07. The van der Waals surface area contributed by atoms with Crippen molar-refractivity contribution in [2.75, 3.05) is 0 Å². The van der Waals surface area contributed by atoms with Gasteiger partial charge in [-0.1, -0.05) is 12.2 Å². The average molecular weight is 231 g/mol. The first kappa shape index (κ1) is 9.78. The summed E-state index contributed by atoms with van der Waals surface area (Å²) in [7, 11) is 0. The maximum atomic E-state index is 5.30. The molecule has 2 aromatic rings. The minimum absolute atomic E-state index is 0.594. The van der Waals surface area contributed by atoms with Crippen LogP contribution in [-0.2, 0) is 0 Å². The molecule has 3 rings (SSSR count). The van der Waals surface area contributed by atoms with Crippen molar-refractivity contribution in [2.24, 2.45) is 0 Å². The topological polar surface area (TPSA) is 44.5 Å². The third-order valence-electron chi connectivity index (χ3n) is 3.00. The van der Waals surface area contributed by atoms with E-state index < -0.39 is 0 Å². The van der Waals surface area contributed by atoms with Gasteiger partial charge >= 0.3 is 0 Å². The molecule has 0 atom stereocenters. The molecular weight excluding hydrogens is 218 g/mol. The molecule has 2 aromatic heterocycles. The van der Waals surface area contributed by atoms with Gasteiger partial charge in [0.15, 0.2) is 0 Å². The summed E-state index contributed by atoms with van der Waals surface area (Å²) in [5, 5.41) is 0. The summed E-state index contributed by atoms with van der Waals surface area (Å²) in [6.45, 7) is 2.01. The van der Waals surface area contributed by atoms with Crippen LogP contribution >= 0.6 is 12.2 Å². The van der Waals surface area contributed by atoms with Crippen molar-refractivity contribution in [2.45, 2.75) is 25.7 Å². The maximum Gasteiger partial charge on any atom is 0.133 e. The average Bonchev–Trinajstić information content (AvgIpc) is 2.98. The molecule has 16 heavy (non-hydrogen) atoms. The molecule has 3 nitrogen and oxygen atoms in total. The van der Waals surface area contributed by atoms with Crippen LogP contribution in [0.5, 0.6) is 0 Å². The molecule has 0 radical (unpaired) electrons. The third kappa shape index (κ3) is 1.59. The summed E-state index contributed by atoms with van der Waals surface area (Å²) in [5.41, 5.74) is 3.20. The number of nitrogens with one attached hydrogen (secondary N) is 2. The maximum absolute atomic E-state index is 5.30. The van der Waals surface area contributed by atoms with Gasteiger partial charge in [-0.25, -0.2) is 4.98 Å². The quantitative estimate of drug-likeness (QED) is 0.779. The van der Waals surface area contributed by atoms with Gasteiger partial charge in [0.05, 0.1) is 11.4 Å². The van der Waals surface area contributed by atoms with Crippen LogP contribution in [0, 0.1) is 11.6 Å². The molecule has 4 heteroatoms. The van der Waals surface area contributed by atoms with Crippen LogP contribution < -0.4 is 0 Å². The predicted octanol–water partition coefficient (Wildman–Crippen LogP) is 3.32. The lowest BCUT2D eigenvalue weighted by Crippen LogP contribution is -1.99. The highest BCUT2D eigenvalue weighted by atomic mass is 32.1. The number of hydrogen-bond donors (Lipinski definition) is 2. The predicted molar refractivity (Wildman–Crippen MR) is 65.9 cm³/mol. The fraction of sp³-hybridized carbons (Fsp3) is 0.333. The summed E-state index contributed by atoms with van der Waals surface area (Å²) < 4.78 is 0.713. The highest BCUT2D eigenvalue weighted by Crippen LogP contribution is 2.38. The van der Waals surface area contributed by atoms with Crippen molar-refractivity contribution >= 4 is 12.2 Å². The van der Waals surface area contributed by atoms with Gasteiger partial charge < -0.3 is 9.97 Å². The number of rotatable bonds is 2. The van der Waals surface area contributed by atoms with Crippen LogP contribution in [0.1, 0.15) is 30.1 Å². The second kappa shape index (κ2) is 3.56. The second-order valence-electron chi connectivity index (χ2n) is 4.29. The first-order valence-electron chi connectivity index (χ1n) is 5.50. The monoisotopic (exact) mass is 231 g/mol. The third-order valence-corrected chi connectivity index (χ3v) is 3.40. The minimum atomic E-state index is 0.594. The van der Waals surface area contributed by atoms with E-state index in [1.54, 1.807) is 0 Å². The van der Waals surface area contributed by atoms with Crippen molar-refractivity contribution in [3.05, 3.63) is 34.4 Å². The molecule has 1 saturated carbocycles. The molecule has 2 N–H and O–H groups in total. The first-order valence-corrected chi connectivity index (χ1v) is 5.91. The summed E-state index contributed by atoms with van der Waals surface area (Å²) >= 11 is 5.30. The number of aromatic amines is 2. The van der Waals surface area contributed by atoms with Gasteiger partial charge in [0.1, 0.15) is 10.5 Å². The number of H-pyrrole nitrogens is 2. The fourth-order valence-electron chi connectivity index (χ4n) is 1.86. The van der Waals surface area contributed by atoms with Crippen molar-refractivity contribution in [3.8, 4) is 11.4 Å². The number of hydrogen-bond acceptors (Lipinski definition) is 2. The Balaban J connectivity index is 2.19. The smallest absolute Gasteiger partial charge is 0.133 e. The van der Waals surface area contributed by atoms with E-state index in [4.69, 9.17) is 12.2 Å². The van der Waals surface area contributed by atoms with Gasteiger partial charge in [0.2, 0.25) is 0 Å². The van der Waals surface area contributed by atoms with E-state index in [1.807, 2.05) is 25.3 Å². The molecule has 0 aliphatic heterocycles. The van der Waals surface area contributed by atoms with Gasteiger partial charge in [-0.05, 0) is 31.9 Å². The highest BCUT2D eigenvalue weighted by Gasteiger charge is 2.26.